The van der Waals surface area contributed by atoms with Crippen molar-refractivity contribution in [2.45, 2.75) is 13.3 Å². The van der Waals surface area contributed by atoms with Crippen LogP contribution in [0.25, 0.3) is 21.9 Å². The van der Waals surface area contributed by atoms with Crippen molar-refractivity contribution in [3.8, 4) is 0 Å². The molecule has 34 heavy (non-hydrogen) atoms. The van der Waals surface area contributed by atoms with Gasteiger partial charge in [0, 0.05) is 0 Å². The van der Waals surface area contributed by atoms with Crippen LogP contribution in [0.15, 0.2) is 134 Å². The van der Waals surface area contributed by atoms with E-state index in [2.05, 4.69) is 135 Å². The van der Waals surface area contributed by atoms with Crippen LogP contribution in [0.2, 0.25) is 0 Å². The molecule has 0 aliphatic rings. The number of hydrogen-bond acceptors (Lipinski definition) is 0. The molecular formula is C34H28. The third-order valence-electron chi connectivity index (χ3n) is 6.32. The summed E-state index contributed by atoms with van der Waals surface area (Å²) in [6.07, 6.45) is 2.82. The van der Waals surface area contributed by atoms with Gasteiger partial charge in [0.2, 0.25) is 0 Å². The average Bonchev–Trinajstić information content (AvgIpc) is 2.89. The molecule has 0 bridgehead atoms. The Kier molecular flexibility index (Phi) is 6.23. The van der Waals surface area contributed by atoms with Crippen LogP contribution in [0.1, 0.15) is 33.4 Å². The molecule has 0 heterocycles. The minimum atomic E-state index is 0.812. The van der Waals surface area contributed by atoms with Gasteiger partial charge in [-0.1, -0.05) is 127 Å². The summed E-state index contributed by atoms with van der Waals surface area (Å²) in [6.45, 7) is 6.21. The topological polar surface area (TPSA) is 0 Å². The molecular weight excluding hydrogens is 408 g/mol. The molecule has 0 amide bonds. The van der Waals surface area contributed by atoms with Gasteiger partial charge in [0.1, 0.15) is 0 Å². The first-order valence-electron chi connectivity index (χ1n) is 11.8. The maximum atomic E-state index is 4.07. The number of rotatable bonds is 6. The van der Waals surface area contributed by atoms with Gasteiger partial charge in [0.15, 0.2) is 0 Å². The van der Waals surface area contributed by atoms with E-state index < -0.39 is 0 Å². The van der Waals surface area contributed by atoms with Gasteiger partial charge in [-0.2, -0.15) is 0 Å². The first-order chi connectivity index (χ1) is 16.7. The van der Waals surface area contributed by atoms with Gasteiger partial charge in [0.25, 0.3) is 0 Å². The lowest BCUT2D eigenvalue weighted by atomic mass is 9.82. The Hall–Kier alpha value is -4.16. The second-order valence-corrected chi connectivity index (χ2v) is 8.70. The molecule has 5 rings (SSSR count). The Morgan fingerprint density at radius 1 is 0.588 bits per heavy atom. The van der Waals surface area contributed by atoms with Crippen LogP contribution in [-0.2, 0) is 6.42 Å². The smallest absolute Gasteiger partial charge is 0.00237 e. The highest BCUT2D eigenvalue weighted by molar-refractivity contribution is 6.06. The molecule has 0 atom stereocenters. The molecule has 0 radical (unpaired) electrons. The monoisotopic (exact) mass is 436 g/mol. The number of fused-ring (bicyclic) bond motifs is 1. The molecule has 0 N–H and O–H groups in total. The maximum Gasteiger partial charge on any atom is -0.00237 e. The van der Waals surface area contributed by atoms with Gasteiger partial charge in [-0.05, 0) is 69.1 Å². The van der Waals surface area contributed by atoms with Crippen LogP contribution in [0.4, 0.5) is 0 Å². The van der Waals surface area contributed by atoms with E-state index in [9.17, 15) is 0 Å². The summed E-state index contributed by atoms with van der Waals surface area (Å²) < 4.78 is 0. The van der Waals surface area contributed by atoms with E-state index in [4.69, 9.17) is 0 Å². The molecule has 164 valence electrons. The Morgan fingerprint density at radius 3 is 1.65 bits per heavy atom. The molecule has 0 spiro atoms. The fourth-order valence-corrected chi connectivity index (χ4v) is 4.66. The van der Waals surface area contributed by atoms with Gasteiger partial charge in [-0.3, -0.25) is 0 Å². The highest BCUT2D eigenvalue weighted by Gasteiger charge is 2.19. The minimum Gasteiger partial charge on any atom is -0.103 e. The summed E-state index contributed by atoms with van der Waals surface area (Å²) in [7, 11) is 0. The summed E-state index contributed by atoms with van der Waals surface area (Å²) in [5, 5.41) is 2.50. The summed E-state index contributed by atoms with van der Waals surface area (Å²) in [5.74, 6) is 0. The minimum absolute atomic E-state index is 0.812. The number of aryl methyl sites for hydroxylation is 1. The number of allylic oxidation sites excluding steroid dienone is 1. The predicted molar refractivity (Wildman–Crippen MR) is 147 cm³/mol. The van der Waals surface area contributed by atoms with Crippen molar-refractivity contribution in [2.75, 3.05) is 0 Å². The lowest BCUT2D eigenvalue weighted by Crippen LogP contribution is -2.01. The van der Waals surface area contributed by atoms with Crippen LogP contribution in [-0.4, -0.2) is 0 Å². The second kappa shape index (κ2) is 9.77. The van der Waals surface area contributed by atoms with Crippen molar-refractivity contribution in [1.29, 1.82) is 0 Å². The zero-order valence-corrected chi connectivity index (χ0v) is 19.5. The highest BCUT2D eigenvalue weighted by atomic mass is 14.2. The van der Waals surface area contributed by atoms with Crippen LogP contribution in [0.5, 0.6) is 0 Å². The number of hydrogen-bond donors (Lipinski definition) is 0. The largest absolute Gasteiger partial charge is 0.103 e. The maximum absolute atomic E-state index is 4.07. The molecule has 0 nitrogen and oxygen atoms in total. The third-order valence-corrected chi connectivity index (χ3v) is 6.32. The van der Waals surface area contributed by atoms with Crippen molar-refractivity contribution < 1.29 is 0 Å². The Bertz CT molecular complexity index is 1410. The van der Waals surface area contributed by atoms with Crippen LogP contribution in [0.3, 0.4) is 0 Å². The van der Waals surface area contributed by atoms with Crippen LogP contribution in [0, 0.1) is 6.92 Å². The van der Waals surface area contributed by atoms with Gasteiger partial charge < -0.3 is 0 Å². The van der Waals surface area contributed by atoms with Crippen LogP contribution >= 0.6 is 0 Å². The highest BCUT2D eigenvalue weighted by Crippen LogP contribution is 2.39. The van der Waals surface area contributed by atoms with E-state index in [0.717, 1.165) is 6.42 Å². The van der Waals surface area contributed by atoms with Gasteiger partial charge in [-0.25, -0.2) is 0 Å². The third kappa shape index (κ3) is 4.36. The zero-order chi connectivity index (χ0) is 23.3. The molecule has 0 aromatic heterocycles. The summed E-state index contributed by atoms with van der Waals surface area (Å²) in [6, 6.07) is 43.7. The Balaban J connectivity index is 1.94. The molecule has 0 saturated heterocycles. The van der Waals surface area contributed by atoms with Crippen molar-refractivity contribution in [3.05, 3.63) is 167 Å². The summed E-state index contributed by atoms with van der Waals surface area (Å²) >= 11 is 0. The first-order valence-corrected chi connectivity index (χ1v) is 11.8. The standard InChI is InChI=1S/C34H28/c1-3-12-31-23-29-17-10-11-18-30(29)24-32(31)34(28-21-19-25(2)20-22-28)33(26-13-6-4-7-14-26)27-15-8-5-9-16-27/h3-11,13-24H,1,12H2,2H3. The second-order valence-electron chi connectivity index (χ2n) is 8.70. The van der Waals surface area contributed by atoms with E-state index in [-0.39, 0.29) is 0 Å². The molecule has 5 aromatic rings. The normalized spacial score (nSPS) is 10.7. The average molecular weight is 437 g/mol. The van der Waals surface area contributed by atoms with E-state index in [0.29, 0.717) is 0 Å². The first kappa shape index (κ1) is 21.7. The van der Waals surface area contributed by atoms with Crippen molar-refractivity contribution in [3.63, 3.8) is 0 Å². The lowest BCUT2D eigenvalue weighted by Gasteiger charge is -2.21. The Labute approximate surface area is 202 Å². The van der Waals surface area contributed by atoms with Gasteiger partial charge in [-0.15, -0.1) is 6.58 Å². The molecule has 5 aromatic carbocycles. The van der Waals surface area contributed by atoms with Crippen molar-refractivity contribution >= 4 is 21.9 Å². The van der Waals surface area contributed by atoms with E-state index >= 15 is 0 Å². The predicted octanol–water partition coefficient (Wildman–Crippen LogP) is 8.88. The van der Waals surface area contributed by atoms with Gasteiger partial charge in [0.05, 0.1) is 0 Å². The quantitative estimate of drug-likeness (QED) is 0.184. The van der Waals surface area contributed by atoms with Crippen LogP contribution < -0.4 is 0 Å². The molecule has 0 fully saturated rings. The Morgan fingerprint density at radius 2 is 1.09 bits per heavy atom. The van der Waals surface area contributed by atoms with E-state index in [1.807, 2.05) is 6.08 Å². The zero-order valence-electron chi connectivity index (χ0n) is 19.5. The summed E-state index contributed by atoms with van der Waals surface area (Å²) in [4.78, 5) is 0. The van der Waals surface area contributed by atoms with E-state index in [1.54, 1.807) is 0 Å². The molecule has 0 unspecified atom stereocenters. The van der Waals surface area contributed by atoms with Crippen molar-refractivity contribution in [2.24, 2.45) is 0 Å². The van der Waals surface area contributed by atoms with Crippen molar-refractivity contribution in [1.82, 2.24) is 0 Å². The van der Waals surface area contributed by atoms with Gasteiger partial charge >= 0.3 is 0 Å². The fraction of sp³-hybridized carbons (Fsp3) is 0.0588. The SMILES string of the molecule is C=CCc1cc2ccccc2cc1C(=C(c1ccccc1)c1ccccc1)c1ccc(C)cc1. The molecule has 0 aliphatic carbocycles. The molecule has 0 saturated carbocycles. The molecule has 0 heteroatoms. The summed E-state index contributed by atoms with van der Waals surface area (Å²) in [5.41, 5.74) is 9.93. The lowest BCUT2D eigenvalue weighted by molar-refractivity contribution is 1.27. The number of benzene rings is 5. The van der Waals surface area contributed by atoms with E-state index in [1.165, 1.54) is 55.3 Å². The molecule has 0 aliphatic heterocycles. The fourth-order valence-electron chi connectivity index (χ4n) is 4.66.